The van der Waals surface area contributed by atoms with Gasteiger partial charge in [0, 0.05) is 18.3 Å². The second kappa shape index (κ2) is 8.90. The molecule has 0 unspecified atom stereocenters. The van der Waals surface area contributed by atoms with Gasteiger partial charge in [-0.2, -0.15) is 0 Å². The van der Waals surface area contributed by atoms with Gasteiger partial charge in [-0.05, 0) is 61.7 Å². The van der Waals surface area contributed by atoms with Crippen molar-refractivity contribution in [2.75, 3.05) is 43.5 Å². The minimum Gasteiger partial charge on any atom is -0.486 e. The summed E-state index contributed by atoms with van der Waals surface area (Å²) >= 11 is 0. The van der Waals surface area contributed by atoms with Crippen LogP contribution in [0.3, 0.4) is 0 Å². The van der Waals surface area contributed by atoms with E-state index >= 15 is 0 Å². The van der Waals surface area contributed by atoms with Crippen molar-refractivity contribution in [3.05, 3.63) is 59.5 Å². The summed E-state index contributed by atoms with van der Waals surface area (Å²) < 4.78 is 49.4. The van der Waals surface area contributed by atoms with Crippen molar-refractivity contribution < 1.29 is 17.9 Å². The summed E-state index contributed by atoms with van der Waals surface area (Å²) in [6.45, 7) is 2.72. The number of anilines is 3. The first kappa shape index (κ1) is 21.5. The number of rotatable bonds is 4. The number of halogens is 3. The van der Waals surface area contributed by atoms with Gasteiger partial charge < -0.3 is 20.3 Å². The molecule has 9 heteroatoms. The molecule has 6 nitrogen and oxygen atoms in total. The third-order valence-electron chi connectivity index (χ3n) is 6.16. The lowest BCUT2D eigenvalue weighted by Crippen LogP contribution is -2.29. The van der Waals surface area contributed by atoms with E-state index in [0.29, 0.717) is 30.1 Å². The van der Waals surface area contributed by atoms with E-state index in [-0.39, 0.29) is 34.7 Å². The van der Waals surface area contributed by atoms with Crippen LogP contribution >= 0.6 is 0 Å². The summed E-state index contributed by atoms with van der Waals surface area (Å²) in [6.07, 6.45) is 2.80. The van der Waals surface area contributed by atoms with E-state index in [4.69, 9.17) is 4.74 Å². The molecule has 1 saturated heterocycles. The summed E-state index contributed by atoms with van der Waals surface area (Å²) in [5, 5.41) is 6.21. The number of piperidine rings is 1. The molecule has 1 aromatic heterocycles. The lowest BCUT2D eigenvalue weighted by atomic mass is 9.90. The second-order valence-corrected chi connectivity index (χ2v) is 8.35. The van der Waals surface area contributed by atoms with Gasteiger partial charge in [0.1, 0.15) is 18.1 Å². The SMILES string of the molecule is CN1CCOc2c(F)cc(-c3nc(Nc4ccc(C5CCNCC5)c(F)c4)ncc3F)cc21. The summed E-state index contributed by atoms with van der Waals surface area (Å²) in [7, 11) is 1.82. The highest BCUT2D eigenvalue weighted by Gasteiger charge is 2.23. The molecule has 0 spiro atoms. The maximum atomic E-state index is 14.8. The molecule has 172 valence electrons. The quantitative estimate of drug-likeness (QED) is 0.600. The normalized spacial score (nSPS) is 16.3. The Bertz CT molecular complexity index is 1180. The largest absolute Gasteiger partial charge is 0.486 e. The molecule has 5 rings (SSSR count). The van der Waals surface area contributed by atoms with Crippen LogP contribution in [0.2, 0.25) is 0 Å². The first-order valence-corrected chi connectivity index (χ1v) is 11.0. The molecule has 2 aliphatic rings. The Hall–Kier alpha value is -3.33. The fourth-order valence-electron chi connectivity index (χ4n) is 4.37. The molecule has 2 aromatic carbocycles. The van der Waals surface area contributed by atoms with Gasteiger partial charge in [-0.3, -0.25) is 0 Å². The van der Waals surface area contributed by atoms with Crippen molar-refractivity contribution in [3.8, 4) is 17.0 Å². The zero-order valence-corrected chi connectivity index (χ0v) is 18.2. The van der Waals surface area contributed by atoms with E-state index < -0.39 is 11.6 Å². The Labute approximate surface area is 189 Å². The molecule has 3 aromatic rings. The summed E-state index contributed by atoms with van der Waals surface area (Å²) in [4.78, 5) is 10.1. The molecule has 33 heavy (non-hydrogen) atoms. The van der Waals surface area contributed by atoms with Crippen molar-refractivity contribution in [1.29, 1.82) is 0 Å². The average molecular weight is 455 g/mol. The van der Waals surface area contributed by atoms with Crippen molar-refractivity contribution in [2.45, 2.75) is 18.8 Å². The van der Waals surface area contributed by atoms with Crippen LogP contribution in [0, 0.1) is 17.5 Å². The van der Waals surface area contributed by atoms with E-state index in [2.05, 4.69) is 20.6 Å². The third-order valence-corrected chi connectivity index (χ3v) is 6.16. The van der Waals surface area contributed by atoms with Crippen LogP contribution < -0.4 is 20.3 Å². The standard InChI is InChI=1S/C24H24F3N5O/c1-32-8-9-33-23-19(26)10-15(11-21(23)32)22-20(27)13-29-24(31-22)30-16-2-3-17(18(25)12-16)14-4-6-28-7-5-14/h2-3,10-14,28H,4-9H2,1H3,(H,29,30,31). The predicted molar refractivity (Wildman–Crippen MR) is 121 cm³/mol. The predicted octanol–water partition coefficient (Wildman–Crippen LogP) is 4.60. The Morgan fingerprint density at radius 2 is 1.88 bits per heavy atom. The van der Waals surface area contributed by atoms with Crippen molar-refractivity contribution in [1.82, 2.24) is 15.3 Å². The number of ether oxygens (including phenoxy) is 1. The van der Waals surface area contributed by atoms with Crippen LogP contribution in [-0.2, 0) is 0 Å². The summed E-state index contributed by atoms with van der Waals surface area (Å²) in [5.41, 5.74) is 1.88. The Morgan fingerprint density at radius 1 is 1.06 bits per heavy atom. The number of fused-ring (bicyclic) bond motifs is 1. The maximum Gasteiger partial charge on any atom is 0.227 e. The van der Waals surface area contributed by atoms with E-state index in [1.807, 2.05) is 11.9 Å². The summed E-state index contributed by atoms with van der Waals surface area (Å²) in [6, 6.07) is 7.76. The lowest BCUT2D eigenvalue weighted by Gasteiger charge is -2.28. The molecule has 0 bridgehead atoms. The zero-order chi connectivity index (χ0) is 22.9. The maximum absolute atomic E-state index is 14.8. The van der Waals surface area contributed by atoms with Crippen molar-refractivity contribution in [2.24, 2.45) is 0 Å². The number of nitrogens with one attached hydrogen (secondary N) is 2. The number of hydrogen-bond donors (Lipinski definition) is 2. The van der Waals surface area contributed by atoms with Gasteiger partial charge in [-0.1, -0.05) is 6.07 Å². The van der Waals surface area contributed by atoms with Crippen molar-refractivity contribution >= 4 is 17.3 Å². The van der Waals surface area contributed by atoms with Crippen LogP contribution in [0.15, 0.2) is 36.5 Å². The van der Waals surface area contributed by atoms with Gasteiger partial charge in [-0.15, -0.1) is 0 Å². The number of likely N-dealkylation sites (N-methyl/N-ethyl adjacent to an activating group) is 1. The lowest BCUT2D eigenvalue weighted by molar-refractivity contribution is 0.295. The fourth-order valence-corrected chi connectivity index (χ4v) is 4.37. The highest BCUT2D eigenvalue weighted by Crippen LogP contribution is 2.38. The highest BCUT2D eigenvalue weighted by atomic mass is 19.1. The molecule has 2 N–H and O–H groups in total. The third kappa shape index (κ3) is 4.32. The number of nitrogens with zero attached hydrogens (tertiary/aromatic N) is 3. The molecule has 0 saturated carbocycles. The molecular formula is C24H24F3N5O. The Morgan fingerprint density at radius 3 is 2.67 bits per heavy atom. The van der Waals surface area contributed by atoms with E-state index in [1.165, 1.54) is 12.1 Å². The van der Waals surface area contributed by atoms with Crippen LogP contribution in [0.4, 0.5) is 30.5 Å². The first-order chi connectivity index (χ1) is 16.0. The van der Waals surface area contributed by atoms with Gasteiger partial charge in [0.25, 0.3) is 0 Å². The highest BCUT2D eigenvalue weighted by molar-refractivity contribution is 5.72. The Balaban J connectivity index is 1.42. The average Bonchev–Trinajstić information content (AvgIpc) is 2.81. The van der Waals surface area contributed by atoms with Crippen LogP contribution in [0.5, 0.6) is 5.75 Å². The van der Waals surface area contributed by atoms with Crippen LogP contribution in [-0.4, -0.2) is 43.3 Å². The smallest absolute Gasteiger partial charge is 0.227 e. The van der Waals surface area contributed by atoms with E-state index in [0.717, 1.165) is 32.1 Å². The van der Waals surface area contributed by atoms with Crippen molar-refractivity contribution in [3.63, 3.8) is 0 Å². The molecule has 0 amide bonds. The molecule has 2 aliphatic heterocycles. The zero-order valence-electron chi connectivity index (χ0n) is 18.2. The number of benzene rings is 2. The molecular weight excluding hydrogens is 431 g/mol. The van der Waals surface area contributed by atoms with Gasteiger partial charge in [0.2, 0.25) is 5.95 Å². The number of hydrogen-bond acceptors (Lipinski definition) is 6. The van der Waals surface area contributed by atoms with E-state index in [1.54, 1.807) is 18.2 Å². The molecule has 0 radical (unpaired) electrons. The topological polar surface area (TPSA) is 62.3 Å². The van der Waals surface area contributed by atoms with Crippen LogP contribution in [0.25, 0.3) is 11.3 Å². The second-order valence-electron chi connectivity index (χ2n) is 8.35. The molecule has 0 aliphatic carbocycles. The van der Waals surface area contributed by atoms with E-state index in [9.17, 15) is 13.2 Å². The van der Waals surface area contributed by atoms with Crippen LogP contribution in [0.1, 0.15) is 24.3 Å². The fraction of sp³-hybridized carbons (Fsp3) is 0.333. The minimum atomic E-state index is -0.688. The summed E-state index contributed by atoms with van der Waals surface area (Å²) in [5.74, 6) is -1.15. The van der Waals surface area contributed by atoms with Gasteiger partial charge in [-0.25, -0.2) is 23.1 Å². The molecule has 3 heterocycles. The molecule has 0 atom stereocenters. The van der Waals surface area contributed by atoms with Gasteiger partial charge in [0.15, 0.2) is 17.4 Å². The monoisotopic (exact) mass is 455 g/mol. The van der Waals surface area contributed by atoms with Gasteiger partial charge >= 0.3 is 0 Å². The van der Waals surface area contributed by atoms with Gasteiger partial charge in [0.05, 0.1) is 18.4 Å². The first-order valence-electron chi connectivity index (χ1n) is 11.0. The number of aromatic nitrogens is 2. The Kier molecular flexibility index (Phi) is 5.80. The molecule has 1 fully saturated rings. The minimum absolute atomic E-state index is 0.0556.